The Morgan fingerprint density at radius 2 is 2.02 bits per heavy atom. The minimum absolute atomic E-state index is 0.0816. The number of carbonyl (C=O) groups excluding carboxylic acids is 1. The molecule has 1 aliphatic heterocycles. The molecule has 0 spiro atoms. The van der Waals surface area contributed by atoms with E-state index in [-0.39, 0.29) is 31.1 Å². The predicted molar refractivity (Wildman–Crippen MR) is 147 cm³/mol. The zero-order chi connectivity index (χ0) is 28.8. The van der Waals surface area contributed by atoms with E-state index in [9.17, 15) is 23.1 Å². The number of methoxy groups -OCH3 is 1. The fourth-order valence-corrected chi connectivity index (χ4v) is 6.75. The van der Waals surface area contributed by atoms with Crippen LogP contribution in [0.1, 0.15) is 79.3 Å². The Kier molecular flexibility index (Phi) is 10.4. The van der Waals surface area contributed by atoms with Crippen LogP contribution in [0, 0.1) is 5.92 Å². The lowest BCUT2D eigenvalue weighted by molar-refractivity contribution is -0.137. The first kappa shape index (κ1) is 30.6. The first-order valence-corrected chi connectivity index (χ1v) is 14.7. The summed E-state index contributed by atoms with van der Waals surface area (Å²) in [6.07, 6.45) is 2.28. The Hall–Kier alpha value is -2.34. The molecule has 1 atom stereocenters. The first-order chi connectivity index (χ1) is 19.1. The highest BCUT2D eigenvalue weighted by Gasteiger charge is 2.39. The number of hydrogen-bond acceptors (Lipinski definition) is 8. The Morgan fingerprint density at radius 1 is 1.25 bits per heavy atom. The summed E-state index contributed by atoms with van der Waals surface area (Å²) in [5, 5.41) is 16.1. The van der Waals surface area contributed by atoms with Crippen molar-refractivity contribution in [3.05, 3.63) is 51.5 Å². The normalized spacial score (nSPS) is 24.4. The SMILES string of the molecule is CCO/N=C(\CCC(=O)CC1CCN(C2CCC(O)(c3cnc(COC)s3)CC2)C1)c1cccc(C(F)(F)F)c1. The van der Waals surface area contributed by atoms with Gasteiger partial charge in [-0.25, -0.2) is 4.98 Å². The van der Waals surface area contributed by atoms with E-state index in [0.29, 0.717) is 43.2 Å². The van der Waals surface area contributed by atoms with Gasteiger partial charge < -0.3 is 19.6 Å². The topological polar surface area (TPSA) is 84.2 Å². The second-order valence-electron chi connectivity index (χ2n) is 10.7. The number of alkyl halides is 3. The maximum Gasteiger partial charge on any atom is 0.416 e. The molecule has 1 aromatic carbocycles. The van der Waals surface area contributed by atoms with Crippen LogP contribution < -0.4 is 0 Å². The molecule has 220 valence electrons. The minimum Gasteiger partial charge on any atom is -0.396 e. The molecular formula is C29H38F3N3O4S. The molecule has 2 aromatic rings. The molecule has 1 N–H and O–H groups in total. The largest absolute Gasteiger partial charge is 0.416 e. The lowest BCUT2D eigenvalue weighted by atomic mass is 9.81. The summed E-state index contributed by atoms with van der Waals surface area (Å²) in [5.41, 5.74) is -0.932. The van der Waals surface area contributed by atoms with Crippen LogP contribution in [0.3, 0.4) is 0 Å². The van der Waals surface area contributed by atoms with Gasteiger partial charge >= 0.3 is 6.18 Å². The van der Waals surface area contributed by atoms with Crippen molar-refractivity contribution >= 4 is 22.8 Å². The monoisotopic (exact) mass is 581 g/mol. The van der Waals surface area contributed by atoms with Crippen LogP contribution in [0.15, 0.2) is 35.6 Å². The average Bonchev–Trinajstić information content (AvgIpc) is 3.59. The molecule has 1 saturated heterocycles. The number of oxime groups is 1. The van der Waals surface area contributed by atoms with Crippen molar-refractivity contribution in [3.63, 3.8) is 0 Å². The third-order valence-electron chi connectivity index (χ3n) is 7.88. The number of aliphatic hydroxyl groups is 1. The van der Waals surface area contributed by atoms with Crippen LogP contribution in [0.4, 0.5) is 13.2 Å². The molecule has 40 heavy (non-hydrogen) atoms. The van der Waals surface area contributed by atoms with E-state index in [1.807, 2.05) is 0 Å². The number of rotatable bonds is 12. The number of halogens is 3. The molecule has 2 fully saturated rings. The number of hydrogen-bond donors (Lipinski definition) is 1. The number of aromatic nitrogens is 1. The molecule has 1 unspecified atom stereocenters. The van der Waals surface area contributed by atoms with Gasteiger partial charge in [-0.1, -0.05) is 17.3 Å². The highest BCUT2D eigenvalue weighted by molar-refractivity contribution is 7.11. The molecule has 1 aromatic heterocycles. The molecule has 2 heterocycles. The Morgan fingerprint density at radius 3 is 2.73 bits per heavy atom. The van der Waals surface area contributed by atoms with Gasteiger partial charge in [-0.2, -0.15) is 13.2 Å². The van der Waals surface area contributed by atoms with Gasteiger partial charge in [-0.05, 0) is 69.2 Å². The molecule has 1 saturated carbocycles. The maximum absolute atomic E-state index is 13.2. The van der Waals surface area contributed by atoms with E-state index in [0.717, 1.165) is 54.4 Å². The number of benzene rings is 1. The number of carbonyl (C=O) groups is 1. The summed E-state index contributed by atoms with van der Waals surface area (Å²) in [6.45, 7) is 4.26. The maximum atomic E-state index is 13.2. The van der Waals surface area contributed by atoms with E-state index in [1.54, 1.807) is 26.3 Å². The van der Waals surface area contributed by atoms with Crippen LogP contribution in [0.25, 0.3) is 0 Å². The highest BCUT2D eigenvalue weighted by Crippen LogP contribution is 2.42. The van der Waals surface area contributed by atoms with Crippen molar-refractivity contribution in [2.75, 3.05) is 26.8 Å². The summed E-state index contributed by atoms with van der Waals surface area (Å²) < 4.78 is 44.7. The van der Waals surface area contributed by atoms with E-state index < -0.39 is 17.3 Å². The molecule has 11 heteroatoms. The number of thiazole rings is 1. The number of ether oxygens (including phenoxy) is 1. The van der Waals surface area contributed by atoms with Gasteiger partial charge in [0.05, 0.1) is 22.8 Å². The van der Waals surface area contributed by atoms with Crippen LogP contribution >= 0.6 is 11.3 Å². The Bertz CT molecular complexity index is 1160. The predicted octanol–water partition coefficient (Wildman–Crippen LogP) is 5.94. The van der Waals surface area contributed by atoms with Crippen molar-refractivity contribution in [1.29, 1.82) is 0 Å². The van der Waals surface area contributed by atoms with Gasteiger partial charge in [0.1, 0.15) is 23.0 Å². The third kappa shape index (κ3) is 7.90. The molecule has 1 aliphatic carbocycles. The van der Waals surface area contributed by atoms with Crippen molar-refractivity contribution in [3.8, 4) is 0 Å². The smallest absolute Gasteiger partial charge is 0.396 e. The van der Waals surface area contributed by atoms with Gasteiger partial charge in [0, 0.05) is 45.2 Å². The standard InChI is InChI=1S/C29H38F3N3O4S/c1-3-39-34-25(21-5-4-6-22(16-21)29(30,31)32)8-7-24(36)15-20-11-14-35(18-20)23-9-12-28(37,13-10-23)26-17-33-27(40-26)19-38-2/h4-6,16-17,20,23,37H,3,7-15,18-19H2,1-2H3/b34-25+. The second-order valence-corrected chi connectivity index (χ2v) is 11.9. The number of likely N-dealkylation sites (tertiary alicyclic amines) is 1. The van der Waals surface area contributed by atoms with Crippen molar-refractivity contribution in [2.24, 2.45) is 11.1 Å². The number of ketones is 1. The van der Waals surface area contributed by atoms with Crippen LogP contribution in [-0.4, -0.2) is 59.3 Å². The van der Waals surface area contributed by atoms with E-state index in [1.165, 1.54) is 17.4 Å². The van der Waals surface area contributed by atoms with Gasteiger partial charge in [0.2, 0.25) is 0 Å². The van der Waals surface area contributed by atoms with Crippen LogP contribution in [0.2, 0.25) is 0 Å². The zero-order valence-corrected chi connectivity index (χ0v) is 23.9. The molecular weight excluding hydrogens is 543 g/mol. The lowest BCUT2D eigenvalue weighted by Crippen LogP contribution is -2.41. The molecule has 4 rings (SSSR count). The quantitative estimate of drug-likeness (QED) is 0.247. The fraction of sp³-hybridized carbons (Fsp3) is 0.621. The first-order valence-electron chi connectivity index (χ1n) is 13.9. The fourth-order valence-electron chi connectivity index (χ4n) is 5.71. The van der Waals surface area contributed by atoms with E-state index in [2.05, 4.69) is 15.0 Å². The molecule has 0 radical (unpaired) electrons. The van der Waals surface area contributed by atoms with Gasteiger partial charge in [-0.15, -0.1) is 11.3 Å². The van der Waals surface area contributed by atoms with Crippen LogP contribution in [0.5, 0.6) is 0 Å². The Balaban J connectivity index is 1.26. The summed E-state index contributed by atoms with van der Waals surface area (Å²) in [4.78, 5) is 25.7. The number of nitrogens with zero attached hydrogens (tertiary/aromatic N) is 3. The number of Topliss-reactive ketones (excluding diaryl/α,β-unsaturated/α-hetero) is 1. The van der Waals surface area contributed by atoms with Crippen molar-refractivity contribution in [1.82, 2.24) is 9.88 Å². The minimum atomic E-state index is -4.46. The Labute approximate surface area is 237 Å². The zero-order valence-electron chi connectivity index (χ0n) is 23.1. The third-order valence-corrected chi connectivity index (χ3v) is 9.04. The van der Waals surface area contributed by atoms with Crippen LogP contribution in [-0.2, 0) is 32.8 Å². The van der Waals surface area contributed by atoms with Gasteiger partial charge in [0.15, 0.2) is 0 Å². The van der Waals surface area contributed by atoms with E-state index >= 15 is 0 Å². The summed E-state index contributed by atoms with van der Waals surface area (Å²) in [7, 11) is 1.63. The van der Waals surface area contributed by atoms with Crippen molar-refractivity contribution < 1.29 is 32.6 Å². The average molecular weight is 582 g/mol. The molecule has 7 nitrogen and oxygen atoms in total. The van der Waals surface area contributed by atoms with E-state index in [4.69, 9.17) is 9.57 Å². The lowest BCUT2D eigenvalue weighted by Gasteiger charge is -2.39. The summed E-state index contributed by atoms with van der Waals surface area (Å²) >= 11 is 1.51. The summed E-state index contributed by atoms with van der Waals surface area (Å²) in [6, 6.07) is 5.36. The molecule has 2 aliphatic rings. The highest BCUT2D eigenvalue weighted by atomic mass is 32.1. The van der Waals surface area contributed by atoms with Gasteiger partial charge in [0.25, 0.3) is 0 Å². The summed E-state index contributed by atoms with van der Waals surface area (Å²) in [5.74, 6) is 0.338. The molecule has 0 bridgehead atoms. The van der Waals surface area contributed by atoms with Gasteiger partial charge in [-0.3, -0.25) is 4.79 Å². The van der Waals surface area contributed by atoms with Crippen molar-refractivity contribution in [2.45, 2.75) is 82.7 Å². The molecule has 0 amide bonds. The second kappa shape index (κ2) is 13.5.